The molecule has 1 fully saturated rings. The Morgan fingerprint density at radius 1 is 1.38 bits per heavy atom. The van der Waals surface area contributed by atoms with Crippen LogP contribution < -0.4 is 40.2 Å². The van der Waals surface area contributed by atoms with Crippen molar-refractivity contribution in [2.75, 3.05) is 30.3 Å². The van der Waals surface area contributed by atoms with Crippen LogP contribution in [0, 0.1) is 0 Å². The number of hydrogen-bond acceptors (Lipinski definition) is 12. The molecule has 19 heteroatoms. The van der Waals surface area contributed by atoms with Crippen LogP contribution in [0.5, 0.6) is 0 Å². The van der Waals surface area contributed by atoms with E-state index >= 15 is 0 Å². The van der Waals surface area contributed by atoms with Crippen LogP contribution >= 0.6 is 22.9 Å². The Morgan fingerprint density at radius 2 is 2.00 bits per heavy atom. The first-order valence-corrected chi connectivity index (χ1v) is 12.8. The van der Waals surface area contributed by atoms with Gasteiger partial charge in [0.2, 0.25) is 5.91 Å². The van der Waals surface area contributed by atoms with Crippen LogP contribution in [0.3, 0.4) is 0 Å². The Labute approximate surface area is 213 Å². The topological polar surface area (TPSA) is 204 Å². The zero-order valence-corrected chi connectivity index (χ0v) is 22.0. The number of thiazole rings is 1. The van der Waals surface area contributed by atoms with Crippen molar-refractivity contribution in [1.82, 2.24) is 14.6 Å². The van der Waals surface area contributed by atoms with Crippen molar-refractivity contribution >= 4 is 71.6 Å². The predicted molar refractivity (Wildman–Crippen MR) is 107 cm³/mol. The van der Waals surface area contributed by atoms with Crippen LogP contribution in [0.25, 0.3) is 0 Å². The fraction of sp³-hybridized carbons (Fsp3) is 0.462. The second-order valence-electron chi connectivity index (χ2n) is 6.04. The molecule has 172 valence electrons. The van der Waals surface area contributed by atoms with E-state index in [0.717, 1.165) is 24.7 Å². The van der Waals surface area contributed by atoms with E-state index < -0.39 is 61.4 Å². The van der Waals surface area contributed by atoms with Crippen LogP contribution in [0.2, 0.25) is 0 Å². The van der Waals surface area contributed by atoms with Crippen molar-refractivity contribution in [1.29, 1.82) is 0 Å². The second-order valence-corrected chi connectivity index (χ2v) is 10.6. The molecule has 0 bridgehead atoms. The van der Waals surface area contributed by atoms with Gasteiger partial charge in [0, 0.05) is 11.6 Å². The van der Waals surface area contributed by atoms with Crippen molar-refractivity contribution in [2.24, 2.45) is 5.16 Å². The smallest absolute Gasteiger partial charge is 0.731 e. The molecule has 1 saturated heterocycles. The summed E-state index contributed by atoms with van der Waals surface area (Å²) in [4.78, 5) is 44.6. The van der Waals surface area contributed by atoms with Gasteiger partial charge in [-0.25, -0.2) is 26.1 Å². The molecule has 0 aromatic carbocycles. The molecule has 2 rings (SSSR count). The first-order valence-electron chi connectivity index (χ1n) is 7.99. The molecule has 2 unspecified atom stereocenters. The quantitative estimate of drug-likeness (QED) is 0.0762. The number of amides is 3. The number of aromatic nitrogens is 1. The van der Waals surface area contributed by atoms with Gasteiger partial charge in [0.15, 0.2) is 21.1 Å². The molecule has 1 aromatic rings. The maximum Gasteiger partial charge on any atom is 1.00 e. The summed E-state index contributed by atoms with van der Waals surface area (Å²) in [6, 6.07) is -3.26. The summed E-state index contributed by atoms with van der Waals surface area (Å²) in [5, 5.41) is 9.39. The molecule has 1 aromatic heterocycles. The molecule has 1 aliphatic heterocycles. The minimum atomic E-state index is -5.30. The molecule has 2 N–H and O–H groups in total. The fourth-order valence-electron chi connectivity index (χ4n) is 2.52. The molecule has 2 atom stereocenters. The fourth-order valence-corrected chi connectivity index (χ4v) is 5.22. The van der Waals surface area contributed by atoms with E-state index in [2.05, 4.69) is 25.6 Å². The summed E-state index contributed by atoms with van der Waals surface area (Å²) < 4.78 is 56.8. The Kier molecular flexibility index (Phi) is 10.0. The van der Waals surface area contributed by atoms with Gasteiger partial charge in [-0.3, -0.25) is 14.4 Å². The van der Waals surface area contributed by atoms with E-state index in [1.165, 1.54) is 5.38 Å². The molecular formula is C13H15ClN5NaO9S3. The summed E-state index contributed by atoms with van der Waals surface area (Å²) in [6.07, 6.45) is 0.772. The van der Waals surface area contributed by atoms with Gasteiger partial charge in [0.05, 0.1) is 11.8 Å². The van der Waals surface area contributed by atoms with Crippen LogP contribution in [-0.4, -0.2) is 91.2 Å². The van der Waals surface area contributed by atoms with Crippen molar-refractivity contribution in [3.05, 3.63) is 11.1 Å². The molecule has 0 radical (unpaired) electrons. The van der Waals surface area contributed by atoms with Crippen molar-refractivity contribution < 1.29 is 70.2 Å². The Bertz CT molecular complexity index is 1140. The van der Waals surface area contributed by atoms with Gasteiger partial charge in [-0.2, -0.15) is 0 Å². The Balaban J connectivity index is 0.00000512. The number of sulfone groups is 1. The minimum Gasteiger partial charge on any atom is -0.731 e. The number of nitrogens with one attached hydrogen (secondary N) is 2. The van der Waals surface area contributed by atoms with E-state index in [4.69, 9.17) is 11.6 Å². The predicted octanol–water partition coefficient (Wildman–Crippen LogP) is -5.12. The van der Waals surface area contributed by atoms with Crippen LogP contribution in [0.15, 0.2) is 10.5 Å². The number of halogens is 1. The number of rotatable bonds is 9. The van der Waals surface area contributed by atoms with Crippen molar-refractivity contribution in [2.45, 2.75) is 12.1 Å². The van der Waals surface area contributed by atoms with Crippen molar-refractivity contribution in [3.8, 4) is 0 Å². The van der Waals surface area contributed by atoms with E-state index in [0.29, 0.717) is 0 Å². The van der Waals surface area contributed by atoms with Gasteiger partial charge >= 0.3 is 29.6 Å². The van der Waals surface area contributed by atoms with E-state index in [9.17, 15) is 35.8 Å². The monoisotopic (exact) mass is 539 g/mol. The average Bonchev–Trinajstić information content (AvgIpc) is 3.09. The molecule has 1 aliphatic rings. The van der Waals surface area contributed by atoms with Crippen LogP contribution in [-0.2, 0) is 39.4 Å². The molecule has 0 aliphatic carbocycles. The minimum absolute atomic E-state index is 0. The standard InChI is InChI=1S/C13H16ClN5O9S3.Na/c1-28-18-9(6-4-29-13(15-6)16-8(20)3-14)11(21)17-10-7(5-30(2,23)24)19(12(10)22)31(25,26)27;/h4,7,10H,3,5H2,1-2H3,(H,17,21)(H,15,16,20)(H,25,26,27);/q;+1/p-1. The third-order valence-corrected chi connectivity index (χ3v) is 6.56. The SMILES string of the molecule is CON=C(C(=O)NC1C(=O)N(S(=O)(=O)[O-])C1CS(C)(=O)=O)c1csc(NC(=O)CCl)n1.[Na+]. The zero-order chi connectivity index (χ0) is 23.6. The second kappa shape index (κ2) is 11.2. The molecule has 0 saturated carbocycles. The third-order valence-electron chi connectivity index (χ3n) is 3.68. The molecular weight excluding hydrogens is 525 g/mol. The number of hydrogen-bond donors (Lipinski definition) is 2. The Morgan fingerprint density at radius 3 is 2.50 bits per heavy atom. The summed E-state index contributed by atoms with van der Waals surface area (Å²) in [7, 11) is -8.01. The van der Waals surface area contributed by atoms with Gasteiger partial charge < -0.3 is 20.0 Å². The normalized spacial score (nSPS) is 18.9. The van der Waals surface area contributed by atoms with E-state index in [1.807, 2.05) is 0 Å². The number of carbonyl (C=O) groups is 3. The van der Waals surface area contributed by atoms with E-state index in [1.54, 1.807) is 0 Å². The van der Waals surface area contributed by atoms with Crippen LogP contribution in [0.1, 0.15) is 5.69 Å². The maximum absolute atomic E-state index is 12.6. The molecule has 14 nitrogen and oxygen atoms in total. The summed E-state index contributed by atoms with van der Waals surface area (Å²) in [6.45, 7) is 0. The van der Waals surface area contributed by atoms with Crippen LogP contribution in [0.4, 0.5) is 5.13 Å². The molecule has 32 heavy (non-hydrogen) atoms. The van der Waals surface area contributed by atoms with Crippen molar-refractivity contribution in [3.63, 3.8) is 0 Å². The van der Waals surface area contributed by atoms with Gasteiger partial charge in [0.25, 0.3) is 11.8 Å². The summed E-state index contributed by atoms with van der Waals surface area (Å²) in [5.41, 5.74) is -0.534. The average molecular weight is 540 g/mol. The van der Waals surface area contributed by atoms with Gasteiger partial charge in [-0.1, -0.05) is 5.16 Å². The number of alkyl halides is 1. The number of β-lactam (4-membered cyclic amide) rings is 1. The summed E-state index contributed by atoms with van der Waals surface area (Å²) in [5.74, 6) is -4.14. The first kappa shape index (κ1) is 28.7. The maximum atomic E-state index is 12.6. The number of nitrogens with zero attached hydrogens (tertiary/aromatic N) is 3. The largest absolute Gasteiger partial charge is 1.00 e. The van der Waals surface area contributed by atoms with Gasteiger partial charge in [-0.15, -0.1) is 22.9 Å². The number of carbonyl (C=O) groups excluding carboxylic acids is 3. The molecule has 0 spiro atoms. The number of anilines is 1. The first-order chi connectivity index (χ1) is 14.3. The van der Waals surface area contributed by atoms with Gasteiger partial charge in [-0.05, 0) is 0 Å². The molecule has 3 amide bonds. The summed E-state index contributed by atoms with van der Waals surface area (Å²) >= 11 is 6.30. The Hall–Kier alpha value is -1.34. The molecule has 2 heterocycles. The zero-order valence-electron chi connectivity index (χ0n) is 16.8. The van der Waals surface area contributed by atoms with Gasteiger partial charge in [0.1, 0.15) is 34.6 Å². The number of oxime groups is 1. The third kappa shape index (κ3) is 7.08. The van der Waals surface area contributed by atoms with E-state index in [-0.39, 0.29) is 50.6 Å².